The minimum Gasteiger partial charge on any atom is -0.478 e. The van der Waals surface area contributed by atoms with Crippen molar-refractivity contribution < 1.29 is 9.13 Å². The van der Waals surface area contributed by atoms with E-state index in [1.165, 1.54) is 13.3 Å². The van der Waals surface area contributed by atoms with Gasteiger partial charge in [-0.3, -0.25) is 0 Å². The van der Waals surface area contributed by atoms with Crippen LogP contribution >= 0.6 is 0 Å². The van der Waals surface area contributed by atoms with Crippen molar-refractivity contribution in [1.82, 2.24) is 9.97 Å². The number of hydrogen-bond acceptors (Lipinski definition) is 3. The Morgan fingerprint density at radius 1 is 1.50 bits per heavy atom. The van der Waals surface area contributed by atoms with Crippen LogP contribution in [0.15, 0.2) is 6.20 Å². The van der Waals surface area contributed by atoms with Gasteiger partial charge >= 0.3 is 0 Å². The molecule has 0 spiro atoms. The summed E-state index contributed by atoms with van der Waals surface area (Å²) in [6.07, 6.45) is 1.52. The van der Waals surface area contributed by atoms with Crippen molar-refractivity contribution in [3.63, 3.8) is 0 Å². The van der Waals surface area contributed by atoms with Crippen molar-refractivity contribution in [2.75, 3.05) is 7.11 Å². The molecule has 1 aromatic rings. The zero-order chi connectivity index (χ0) is 9.14. The second kappa shape index (κ2) is 3.47. The number of nitrogens with zero attached hydrogens (tertiary/aromatic N) is 2. The molecule has 1 rings (SSSR count). The molecule has 0 amide bonds. The minimum absolute atomic E-state index is 0.0561. The third-order valence-electron chi connectivity index (χ3n) is 1.50. The number of ether oxygens (including phenoxy) is 1. The fourth-order valence-electron chi connectivity index (χ4n) is 0.783. The molecule has 1 aromatic heterocycles. The number of rotatable bonds is 2. The van der Waals surface area contributed by atoms with Crippen LogP contribution in [0.25, 0.3) is 0 Å². The summed E-state index contributed by atoms with van der Waals surface area (Å²) in [6.45, 7) is 3.85. The summed E-state index contributed by atoms with van der Waals surface area (Å²) in [4.78, 5) is 7.45. The van der Waals surface area contributed by atoms with Crippen LogP contribution in [0.2, 0.25) is 0 Å². The van der Waals surface area contributed by atoms with Gasteiger partial charge in [-0.15, -0.1) is 0 Å². The van der Waals surface area contributed by atoms with E-state index >= 15 is 0 Å². The molecule has 0 saturated heterocycles. The molecule has 0 aliphatic rings. The fourth-order valence-corrected chi connectivity index (χ4v) is 0.783. The van der Waals surface area contributed by atoms with Crippen molar-refractivity contribution in [3.05, 3.63) is 17.8 Å². The highest BCUT2D eigenvalue weighted by Gasteiger charge is 2.08. The Balaban J connectivity index is 3.02. The maximum Gasteiger partial charge on any atom is 0.275 e. The minimum atomic E-state index is -0.649. The Kier molecular flexibility index (Phi) is 2.58. The fraction of sp³-hybridized carbons (Fsp3) is 0.500. The first-order chi connectivity index (χ1) is 5.65. The Labute approximate surface area is 70.6 Å². The first-order valence-corrected chi connectivity index (χ1v) is 3.71. The van der Waals surface area contributed by atoms with Gasteiger partial charge in [0.15, 0.2) is 0 Å². The first kappa shape index (κ1) is 8.90. The van der Waals surface area contributed by atoms with Crippen LogP contribution < -0.4 is 4.74 Å². The normalized spacial score (nSPS) is 10.4. The zero-order valence-electron chi connectivity index (χ0n) is 7.34. The van der Waals surface area contributed by atoms with Crippen molar-refractivity contribution >= 4 is 0 Å². The van der Waals surface area contributed by atoms with E-state index in [-0.39, 0.29) is 11.8 Å². The van der Waals surface area contributed by atoms with Crippen molar-refractivity contribution in [2.45, 2.75) is 19.8 Å². The SMILES string of the molecule is COc1ncc(C(C)C)nc1F. The molecule has 4 heteroatoms. The topological polar surface area (TPSA) is 35.0 Å². The molecule has 0 atom stereocenters. The van der Waals surface area contributed by atoms with E-state index in [1.54, 1.807) is 0 Å². The molecule has 66 valence electrons. The van der Waals surface area contributed by atoms with Crippen LogP contribution in [0.5, 0.6) is 5.88 Å². The molecule has 12 heavy (non-hydrogen) atoms. The van der Waals surface area contributed by atoms with E-state index in [9.17, 15) is 4.39 Å². The van der Waals surface area contributed by atoms with E-state index in [1.807, 2.05) is 13.8 Å². The molecule has 0 aromatic carbocycles. The summed E-state index contributed by atoms with van der Waals surface area (Å²) in [5.74, 6) is -0.527. The standard InChI is InChI=1S/C8H11FN2O/c1-5(2)6-4-10-8(12-3)7(9)11-6/h4-5H,1-3H3. The van der Waals surface area contributed by atoms with Gasteiger partial charge < -0.3 is 4.74 Å². The van der Waals surface area contributed by atoms with Gasteiger partial charge in [0.2, 0.25) is 0 Å². The lowest BCUT2D eigenvalue weighted by Crippen LogP contribution is -2.00. The summed E-state index contributed by atoms with van der Waals surface area (Å²) in [6, 6.07) is 0. The van der Waals surface area contributed by atoms with Gasteiger partial charge in [0.05, 0.1) is 19.0 Å². The number of hydrogen-bond donors (Lipinski definition) is 0. The summed E-state index contributed by atoms with van der Waals surface area (Å²) in [5.41, 5.74) is 0.633. The molecule has 0 bridgehead atoms. The highest BCUT2D eigenvalue weighted by molar-refractivity contribution is 5.11. The van der Waals surface area contributed by atoms with Crippen molar-refractivity contribution in [2.24, 2.45) is 0 Å². The molecule has 0 aliphatic carbocycles. The smallest absolute Gasteiger partial charge is 0.275 e. The maximum absolute atomic E-state index is 12.9. The van der Waals surface area contributed by atoms with Crippen LogP contribution in [0.4, 0.5) is 4.39 Å². The van der Waals surface area contributed by atoms with Gasteiger partial charge in [0.1, 0.15) is 0 Å². The second-order valence-corrected chi connectivity index (χ2v) is 2.75. The van der Waals surface area contributed by atoms with Gasteiger partial charge in [0.25, 0.3) is 11.8 Å². The number of methoxy groups -OCH3 is 1. The quantitative estimate of drug-likeness (QED) is 0.678. The average molecular weight is 170 g/mol. The largest absolute Gasteiger partial charge is 0.478 e. The van der Waals surface area contributed by atoms with E-state index in [0.717, 1.165) is 0 Å². The lowest BCUT2D eigenvalue weighted by molar-refractivity contribution is 0.358. The van der Waals surface area contributed by atoms with Gasteiger partial charge in [0, 0.05) is 0 Å². The summed E-state index contributed by atoms with van der Waals surface area (Å²) in [5, 5.41) is 0. The molecule has 0 aliphatic heterocycles. The molecule has 0 saturated carbocycles. The predicted molar refractivity (Wildman–Crippen MR) is 42.6 cm³/mol. The summed E-state index contributed by atoms with van der Waals surface area (Å²) >= 11 is 0. The van der Waals surface area contributed by atoms with Gasteiger partial charge in [-0.25, -0.2) is 9.97 Å². The highest BCUT2D eigenvalue weighted by atomic mass is 19.1. The Hall–Kier alpha value is -1.19. The van der Waals surface area contributed by atoms with Gasteiger partial charge in [-0.2, -0.15) is 4.39 Å². The lowest BCUT2D eigenvalue weighted by Gasteiger charge is -2.04. The van der Waals surface area contributed by atoms with E-state index in [4.69, 9.17) is 0 Å². The second-order valence-electron chi connectivity index (χ2n) is 2.75. The Bertz CT molecular complexity index is 276. The van der Waals surface area contributed by atoms with Crippen molar-refractivity contribution in [3.8, 4) is 5.88 Å². The van der Waals surface area contributed by atoms with E-state index in [0.29, 0.717) is 5.69 Å². The molecular formula is C8H11FN2O. The van der Waals surface area contributed by atoms with Crippen molar-refractivity contribution in [1.29, 1.82) is 0 Å². The molecule has 1 heterocycles. The Morgan fingerprint density at radius 2 is 2.17 bits per heavy atom. The molecular weight excluding hydrogens is 159 g/mol. The highest BCUT2D eigenvalue weighted by Crippen LogP contribution is 2.15. The first-order valence-electron chi connectivity index (χ1n) is 3.71. The van der Waals surface area contributed by atoms with Crippen LogP contribution in [0, 0.1) is 5.95 Å². The maximum atomic E-state index is 12.9. The molecule has 0 unspecified atom stereocenters. The van der Waals surface area contributed by atoms with Crippen LogP contribution in [-0.4, -0.2) is 17.1 Å². The van der Waals surface area contributed by atoms with Crippen LogP contribution in [0.3, 0.4) is 0 Å². The van der Waals surface area contributed by atoms with Crippen LogP contribution in [-0.2, 0) is 0 Å². The zero-order valence-corrected chi connectivity index (χ0v) is 7.34. The third kappa shape index (κ3) is 1.69. The van der Waals surface area contributed by atoms with E-state index in [2.05, 4.69) is 14.7 Å². The molecule has 3 nitrogen and oxygen atoms in total. The monoisotopic (exact) mass is 170 g/mol. The van der Waals surface area contributed by atoms with Gasteiger partial charge in [-0.05, 0) is 5.92 Å². The molecule has 0 N–H and O–H groups in total. The summed E-state index contributed by atoms with van der Waals surface area (Å²) in [7, 11) is 1.36. The lowest BCUT2D eigenvalue weighted by atomic mass is 10.1. The molecule has 0 radical (unpaired) electrons. The Morgan fingerprint density at radius 3 is 2.58 bits per heavy atom. The molecule has 0 fully saturated rings. The predicted octanol–water partition coefficient (Wildman–Crippen LogP) is 1.75. The number of halogens is 1. The average Bonchev–Trinajstić information content (AvgIpc) is 2.04. The van der Waals surface area contributed by atoms with Crippen LogP contribution in [0.1, 0.15) is 25.5 Å². The van der Waals surface area contributed by atoms with Gasteiger partial charge in [-0.1, -0.05) is 13.8 Å². The summed E-state index contributed by atoms with van der Waals surface area (Å²) < 4.78 is 17.5. The van der Waals surface area contributed by atoms with E-state index < -0.39 is 5.95 Å². The third-order valence-corrected chi connectivity index (χ3v) is 1.50. The number of aromatic nitrogens is 2.